The number of amides is 2. The van der Waals surface area contributed by atoms with Gasteiger partial charge in [0.05, 0.1) is 11.5 Å². The van der Waals surface area contributed by atoms with Crippen LogP contribution in [0.2, 0.25) is 0 Å². The van der Waals surface area contributed by atoms with Crippen LogP contribution in [0.1, 0.15) is 62.0 Å². The summed E-state index contributed by atoms with van der Waals surface area (Å²) >= 11 is 0. The van der Waals surface area contributed by atoms with Gasteiger partial charge in [-0.15, -0.1) is 0 Å². The van der Waals surface area contributed by atoms with Gasteiger partial charge in [0.1, 0.15) is 0 Å². The standard InChI is InChI=1S/C29H36N4O2/c30-26(27(34)32-17-20-6-3-5-19-4-1-2-7-24(19)20)25-21-12-18-13-22(25)16-29(14-18,15-21)28(35)33-23-8-10-31-11-9-23/h1-2,4,7-11,18,20-22,25-26H,3,5-6,12-17,30H2,(H,32,34)(H,31,33,35). The van der Waals surface area contributed by atoms with Crippen LogP contribution in [0.5, 0.6) is 0 Å². The molecule has 4 saturated carbocycles. The Hall–Kier alpha value is -2.73. The second kappa shape index (κ2) is 9.05. The molecule has 1 heterocycles. The molecule has 1 aromatic heterocycles. The number of carbonyl (C=O) groups excluding carboxylic acids is 2. The number of nitrogens with one attached hydrogen (secondary N) is 2. The van der Waals surface area contributed by atoms with Crippen LogP contribution in [0.3, 0.4) is 0 Å². The molecule has 2 aromatic rings. The number of fused-ring (bicyclic) bond motifs is 1. The second-order valence-corrected chi connectivity index (χ2v) is 11.6. The largest absolute Gasteiger partial charge is 0.354 e. The van der Waals surface area contributed by atoms with Crippen molar-refractivity contribution in [1.29, 1.82) is 0 Å². The summed E-state index contributed by atoms with van der Waals surface area (Å²) in [6, 6.07) is 11.8. The molecular weight excluding hydrogens is 436 g/mol. The number of aryl methyl sites for hydroxylation is 1. The molecule has 6 nitrogen and oxygen atoms in total. The zero-order chi connectivity index (χ0) is 24.0. The molecule has 0 spiro atoms. The van der Waals surface area contributed by atoms with Crippen LogP contribution >= 0.6 is 0 Å². The van der Waals surface area contributed by atoms with E-state index in [1.807, 2.05) is 12.1 Å². The molecule has 5 aliphatic carbocycles. The van der Waals surface area contributed by atoms with Crippen molar-refractivity contribution in [3.8, 4) is 0 Å². The molecule has 5 aliphatic rings. The van der Waals surface area contributed by atoms with Crippen LogP contribution in [-0.2, 0) is 16.0 Å². The van der Waals surface area contributed by atoms with Crippen molar-refractivity contribution in [2.45, 2.75) is 63.3 Å². The van der Waals surface area contributed by atoms with Gasteiger partial charge in [0, 0.05) is 30.5 Å². The van der Waals surface area contributed by atoms with Crippen molar-refractivity contribution in [1.82, 2.24) is 10.3 Å². The summed E-state index contributed by atoms with van der Waals surface area (Å²) in [6.45, 7) is 0.659. The third kappa shape index (κ3) is 4.16. The van der Waals surface area contributed by atoms with Crippen molar-refractivity contribution >= 4 is 17.5 Å². The normalized spacial score (nSPS) is 33.6. The van der Waals surface area contributed by atoms with Gasteiger partial charge in [0.2, 0.25) is 11.8 Å². The fourth-order valence-electron chi connectivity index (χ4n) is 8.21. The highest BCUT2D eigenvalue weighted by molar-refractivity contribution is 5.95. The van der Waals surface area contributed by atoms with Crippen LogP contribution in [0, 0.1) is 29.1 Å². The molecule has 0 radical (unpaired) electrons. The molecule has 6 heteroatoms. The van der Waals surface area contributed by atoms with Gasteiger partial charge in [0.25, 0.3) is 0 Å². The zero-order valence-electron chi connectivity index (χ0n) is 20.3. The number of carbonyl (C=O) groups is 2. The predicted octanol–water partition coefficient (Wildman–Crippen LogP) is 4.03. The van der Waals surface area contributed by atoms with Gasteiger partial charge in [-0.1, -0.05) is 24.3 Å². The zero-order valence-corrected chi connectivity index (χ0v) is 20.3. The average molecular weight is 473 g/mol. The Morgan fingerprint density at radius 2 is 1.80 bits per heavy atom. The highest BCUT2D eigenvalue weighted by atomic mass is 16.2. The van der Waals surface area contributed by atoms with Crippen LogP contribution in [0.4, 0.5) is 5.69 Å². The maximum atomic E-state index is 13.4. The Morgan fingerprint density at radius 3 is 2.57 bits per heavy atom. The lowest BCUT2D eigenvalue weighted by molar-refractivity contribution is -0.151. The minimum Gasteiger partial charge on any atom is -0.354 e. The maximum absolute atomic E-state index is 13.4. The molecule has 0 aliphatic heterocycles. The smallest absolute Gasteiger partial charge is 0.237 e. The number of nitrogens with zero attached hydrogens (tertiary/aromatic N) is 1. The molecular formula is C29H36N4O2. The van der Waals surface area contributed by atoms with Gasteiger partial charge in [-0.3, -0.25) is 14.6 Å². The van der Waals surface area contributed by atoms with E-state index in [1.165, 1.54) is 17.5 Å². The Morgan fingerprint density at radius 1 is 1.06 bits per heavy atom. The predicted molar refractivity (Wildman–Crippen MR) is 135 cm³/mol. The van der Waals surface area contributed by atoms with Gasteiger partial charge < -0.3 is 16.4 Å². The molecule has 35 heavy (non-hydrogen) atoms. The fourth-order valence-corrected chi connectivity index (χ4v) is 8.21. The first-order valence-corrected chi connectivity index (χ1v) is 13.3. The van der Waals surface area contributed by atoms with Crippen molar-refractivity contribution in [3.63, 3.8) is 0 Å². The fraction of sp³-hybridized carbons (Fsp3) is 0.552. The van der Waals surface area contributed by atoms with Gasteiger partial charge in [-0.2, -0.15) is 0 Å². The molecule has 4 bridgehead atoms. The second-order valence-electron chi connectivity index (χ2n) is 11.6. The summed E-state index contributed by atoms with van der Waals surface area (Å²) in [7, 11) is 0. The van der Waals surface area contributed by atoms with Crippen molar-refractivity contribution < 1.29 is 9.59 Å². The molecule has 4 fully saturated rings. The van der Waals surface area contributed by atoms with E-state index in [-0.39, 0.29) is 23.1 Å². The highest BCUT2D eigenvalue weighted by Gasteiger charge is 2.59. The Labute approximate surface area is 207 Å². The first-order valence-electron chi connectivity index (χ1n) is 13.3. The third-order valence-electron chi connectivity index (χ3n) is 9.50. The quantitative estimate of drug-likeness (QED) is 0.591. The number of hydrogen-bond acceptors (Lipinski definition) is 4. The third-order valence-corrected chi connectivity index (χ3v) is 9.50. The lowest BCUT2D eigenvalue weighted by Crippen LogP contribution is -2.61. The Balaban J connectivity index is 1.11. The summed E-state index contributed by atoms with van der Waals surface area (Å²) in [5, 5.41) is 6.36. The van der Waals surface area contributed by atoms with Crippen molar-refractivity contribution in [2.75, 3.05) is 11.9 Å². The van der Waals surface area contributed by atoms with E-state index in [2.05, 4.69) is 39.9 Å². The van der Waals surface area contributed by atoms with Crippen LogP contribution < -0.4 is 16.4 Å². The van der Waals surface area contributed by atoms with Gasteiger partial charge in [0.15, 0.2) is 0 Å². The highest BCUT2D eigenvalue weighted by Crippen LogP contribution is 2.63. The molecule has 4 unspecified atom stereocenters. The van der Waals surface area contributed by atoms with Crippen LogP contribution in [0.25, 0.3) is 0 Å². The van der Waals surface area contributed by atoms with Gasteiger partial charge in [-0.05, 0) is 98.3 Å². The topological polar surface area (TPSA) is 97.1 Å². The van der Waals surface area contributed by atoms with E-state index >= 15 is 0 Å². The summed E-state index contributed by atoms with van der Waals surface area (Å²) in [6.07, 6.45) is 11.7. The maximum Gasteiger partial charge on any atom is 0.237 e. The number of aromatic nitrogens is 1. The number of benzene rings is 1. The lowest BCUT2D eigenvalue weighted by Gasteiger charge is -2.60. The SMILES string of the molecule is NC(C(=O)NCC1CCCc2ccccc21)C1C2CC3CC1CC(C(=O)Nc1ccncc1)(C3)C2. The van der Waals surface area contributed by atoms with Crippen LogP contribution in [0.15, 0.2) is 48.8 Å². The molecule has 2 amide bonds. The molecule has 7 rings (SSSR count). The molecule has 4 N–H and O–H groups in total. The van der Waals surface area contributed by atoms with Gasteiger partial charge >= 0.3 is 0 Å². The molecule has 0 saturated heterocycles. The van der Waals surface area contributed by atoms with Gasteiger partial charge in [-0.25, -0.2) is 0 Å². The monoisotopic (exact) mass is 472 g/mol. The van der Waals surface area contributed by atoms with E-state index in [9.17, 15) is 9.59 Å². The number of anilines is 1. The Bertz CT molecular complexity index is 1090. The summed E-state index contributed by atoms with van der Waals surface area (Å²) in [5.74, 6) is 1.93. The van der Waals surface area contributed by atoms with Crippen molar-refractivity contribution in [2.24, 2.45) is 34.8 Å². The van der Waals surface area contributed by atoms with E-state index in [1.54, 1.807) is 12.4 Å². The minimum atomic E-state index is -0.496. The average Bonchev–Trinajstić information content (AvgIpc) is 2.87. The Kier molecular flexibility index (Phi) is 5.87. The number of pyridine rings is 1. The van der Waals surface area contributed by atoms with Crippen LogP contribution in [-0.4, -0.2) is 29.4 Å². The van der Waals surface area contributed by atoms with Crippen molar-refractivity contribution in [3.05, 3.63) is 59.9 Å². The van der Waals surface area contributed by atoms with E-state index < -0.39 is 6.04 Å². The number of rotatable bonds is 6. The van der Waals surface area contributed by atoms with E-state index in [0.29, 0.717) is 30.2 Å². The molecule has 1 aromatic carbocycles. The number of hydrogen-bond donors (Lipinski definition) is 3. The first-order chi connectivity index (χ1) is 17.0. The summed E-state index contributed by atoms with van der Waals surface area (Å²) in [5.41, 5.74) is 9.95. The van der Waals surface area contributed by atoms with E-state index in [4.69, 9.17) is 5.73 Å². The lowest BCUT2D eigenvalue weighted by atomic mass is 9.45. The summed E-state index contributed by atoms with van der Waals surface area (Å²) in [4.78, 5) is 30.7. The summed E-state index contributed by atoms with van der Waals surface area (Å²) < 4.78 is 0. The molecule has 184 valence electrons. The molecule has 4 atom stereocenters. The number of nitrogens with two attached hydrogens (primary N) is 1. The van der Waals surface area contributed by atoms with E-state index in [0.717, 1.165) is 50.6 Å². The first kappa shape index (κ1) is 22.7. The minimum absolute atomic E-state index is 0.0131.